The highest BCUT2D eigenvalue weighted by Crippen LogP contribution is 2.44. The van der Waals surface area contributed by atoms with Gasteiger partial charge in [0.25, 0.3) is 0 Å². The normalized spacial score (nSPS) is 29.3. The highest BCUT2D eigenvalue weighted by atomic mass is 14.4. The molecule has 0 N–H and O–H groups in total. The summed E-state index contributed by atoms with van der Waals surface area (Å²) in [5.74, 6) is 2.43. The van der Waals surface area contributed by atoms with Crippen molar-refractivity contribution in [1.82, 2.24) is 0 Å². The molecule has 92 valence electrons. The largest absolute Gasteiger partial charge is 0.0955 e. The van der Waals surface area contributed by atoms with Gasteiger partial charge in [-0.25, -0.2) is 0 Å². The van der Waals surface area contributed by atoms with E-state index in [4.69, 9.17) is 0 Å². The molecule has 1 aromatic carbocycles. The molecule has 0 radical (unpaired) electrons. The molecule has 0 spiro atoms. The van der Waals surface area contributed by atoms with E-state index in [-0.39, 0.29) is 0 Å². The molecule has 0 aromatic heterocycles. The smallest absolute Gasteiger partial charge is 0.0161 e. The van der Waals surface area contributed by atoms with Crippen LogP contribution >= 0.6 is 0 Å². The first-order valence-electron chi connectivity index (χ1n) is 6.85. The highest BCUT2D eigenvalue weighted by molar-refractivity contribution is 5.63. The minimum atomic E-state index is 0.765. The van der Waals surface area contributed by atoms with Crippen LogP contribution in [0.2, 0.25) is 0 Å². The molecule has 3 atom stereocenters. The maximum absolute atomic E-state index is 3.96. The summed E-state index contributed by atoms with van der Waals surface area (Å²) in [6.45, 7) is 6.01. The van der Waals surface area contributed by atoms with Crippen LogP contribution in [-0.4, -0.2) is 0 Å². The van der Waals surface area contributed by atoms with Gasteiger partial charge in [-0.05, 0) is 48.6 Å². The van der Waals surface area contributed by atoms with Crippen molar-refractivity contribution in [2.75, 3.05) is 0 Å². The summed E-state index contributed by atoms with van der Waals surface area (Å²) in [6, 6.07) is 8.68. The summed E-state index contributed by atoms with van der Waals surface area (Å²) in [6.07, 6.45) is 12.2. The average molecular weight is 236 g/mol. The first-order valence-corrected chi connectivity index (χ1v) is 6.85. The van der Waals surface area contributed by atoms with Crippen LogP contribution in [0, 0.1) is 17.8 Å². The van der Waals surface area contributed by atoms with Crippen LogP contribution < -0.4 is 0 Å². The number of rotatable bonds is 3. The van der Waals surface area contributed by atoms with Crippen LogP contribution in [0.4, 0.5) is 0 Å². The van der Waals surface area contributed by atoms with Crippen LogP contribution in [0.3, 0.4) is 0 Å². The van der Waals surface area contributed by atoms with E-state index in [1.165, 1.54) is 24.0 Å². The zero-order valence-corrected chi connectivity index (χ0v) is 11.0. The first kappa shape index (κ1) is 11.5. The molecular formula is C18H20. The Morgan fingerprint density at radius 2 is 1.94 bits per heavy atom. The van der Waals surface area contributed by atoms with Crippen LogP contribution in [0.5, 0.6) is 0 Å². The van der Waals surface area contributed by atoms with Gasteiger partial charge in [-0.3, -0.25) is 0 Å². The third-order valence-corrected chi connectivity index (χ3v) is 4.27. The fourth-order valence-electron chi connectivity index (χ4n) is 3.16. The molecule has 0 heteroatoms. The lowest BCUT2D eigenvalue weighted by molar-refractivity contribution is 0.552. The van der Waals surface area contributed by atoms with Gasteiger partial charge < -0.3 is 0 Å². The Morgan fingerprint density at radius 3 is 2.50 bits per heavy atom. The molecule has 3 unspecified atom stereocenters. The van der Waals surface area contributed by atoms with E-state index in [1.807, 2.05) is 6.92 Å². The standard InChI is InChI=1S/C18H20/c1-13(2)16-7-3-14(4-8-16)5-9-17-11-15-6-10-18(17)12-15/h3-10,15,17-18H,1,11-12H2,2H3/b9-5+. The van der Waals surface area contributed by atoms with Crippen LogP contribution in [0.25, 0.3) is 11.6 Å². The predicted molar refractivity (Wildman–Crippen MR) is 79.0 cm³/mol. The summed E-state index contributed by atoms with van der Waals surface area (Å²) in [5, 5.41) is 0. The van der Waals surface area contributed by atoms with E-state index in [1.54, 1.807) is 0 Å². The molecule has 2 aliphatic rings. The predicted octanol–water partition coefficient (Wildman–Crippen LogP) is 4.95. The third-order valence-electron chi connectivity index (χ3n) is 4.27. The van der Waals surface area contributed by atoms with E-state index < -0.39 is 0 Å². The van der Waals surface area contributed by atoms with E-state index in [0.29, 0.717) is 0 Å². The lowest BCUT2D eigenvalue weighted by atomic mass is 9.92. The minimum Gasteiger partial charge on any atom is -0.0955 e. The SMILES string of the molecule is C=C(C)c1ccc(/C=C/C2CC3C=CC2C3)cc1. The molecule has 1 fully saturated rings. The van der Waals surface area contributed by atoms with Gasteiger partial charge in [-0.1, -0.05) is 60.7 Å². The second-order valence-corrected chi connectivity index (χ2v) is 5.71. The van der Waals surface area contributed by atoms with Crippen molar-refractivity contribution in [3.63, 3.8) is 0 Å². The van der Waals surface area contributed by atoms with Gasteiger partial charge in [0.15, 0.2) is 0 Å². The van der Waals surface area contributed by atoms with E-state index >= 15 is 0 Å². The number of allylic oxidation sites excluding steroid dienone is 4. The second-order valence-electron chi connectivity index (χ2n) is 5.71. The van der Waals surface area contributed by atoms with Crippen molar-refractivity contribution in [2.24, 2.45) is 17.8 Å². The van der Waals surface area contributed by atoms with Crippen LogP contribution in [0.1, 0.15) is 30.9 Å². The van der Waals surface area contributed by atoms with Gasteiger partial charge in [0, 0.05) is 0 Å². The molecule has 1 saturated carbocycles. The highest BCUT2D eigenvalue weighted by Gasteiger charge is 2.33. The number of fused-ring (bicyclic) bond motifs is 2. The molecule has 0 amide bonds. The molecule has 0 aliphatic heterocycles. The van der Waals surface area contributed by atoms with Crippen LogP contribution in [0.15, 0.2) is 49.1 Å². The fraction of sp³-hybridized carbons (Fsp3) is 0.333. The van der Waals surface area contributed by atoms with E-state index in [2.05, 4.69) is 55.1 Å². The Bertz CT molecular complexity index is 501. The molecule has 2 bridgehead atoms. The van der Waals surface area contributed by atoms with E-state index in [0.717, 1.165) is 23.3 Å². The molecule has 0 nitrogen and oxygen atoms in total. The Labute approximate surface area is 110 Å². The Kier molecular flexibility index (Phi) is 2.95. The van der Waals surface area contributed by atoms with Gasteiger partial charge in [0.1, 0.15) is 0 Å². The Morgan fingerprint density at radius 1 is 1.17 bits per heavy atom. The topological polar surface area (TPSA) is 0 Å². The Hall–Kier alpha value is -1.56. The van der Waals surface area contributed by atoms with Gasteiger partial charge in [0.2, 0.25) is 0 Å². The molecule has 3 rings (SSSR count). The zero-order chi connectivity index (χ0) is 12.5. The summed E-state index contributed by atoms with van der Waals surface area (Å²) in [7, 11) is 0. The summed E-state index contributed by atoms with van der Waals surface area (Å²) in [4.78, 5) is 0. The lowest BCUT2D eigenvalue weighted by Gasteiger charge is -2.12. The second kappa shape index (κ2) is 4.61. The Balaban J connectivity index is 1.69. The lowest BCUT2D eigenvalue weighted by Crippen LogP contribution is -2.02. The summed E-state index contributed by atoms with van der Waals surface area (Å²) in [5.41, 5.74) is 3.66. The molecule has 0 saturated heterocycles. The van der Waals surface area contributed by atoms with E-state index in [9.17, 15) is 0 Å². The quantitative estimate of drug-likeness (QED) is 0.652. The number of hydrogen-bond acceptors (Lipinski definition) is 0. The van der Waals surface area contributed by atoms with Crippen molar-refractivity contribution < 1.29 is 0 Å². The third kappa shape index (κ3) is 2.20. The van der Waals surface area contributed by atoms with Gasteiger partial charge in [-0.2, -0.15) is 0 Å². The average Bonchev–Trinajstić information content (AvgIpc) is 2.99. The summed E-state index contributed by atoms with van der Waals surface area (Å²) >= 11 is 0. The summed E-state index contributed by atoms with van der Waals surface area (Å²) < 4.78 is 0. The minimum absolute atomic E-state index is 0.765. The van der Waals surface area contributed by atoms with Gasteiger partial charge >= 0.3 is 0 Å². The monoisotopic (exact) mass is 236 g/mol. The fourth-order valence-corrected chi connectivity index (χ4v) is 3.16. The van der Waals surface area contributed by atoms with Crippen molar-refractivity contribution in [2.45, 2.75) is 19.8 Å². The number of hydrogen-bond donors (Lipinski definition) is 0. The maximum Gasteiger partial charge on any atom is -0.0161 e. The molecule has 0 heterocycles. The molecule has 2 aliphatic carbocycles. The van der Waals surface area contributed by atoms with Crippen LogP contribution in [-0.2, 0) is 0 Å². The van der Waals surface area contributed by atoms with Gasteiger partial charge in [0.05, 0.1) is 0 Å². The van der Waals surface area contributed by atoms with Crippen molar-refractivity contribution in [1.29, 1.82) is 0 Å². The zero-order valence-electron chi connectivity index (χ0n) is 11.0. The number of benzene rings is 1. The van der Waals surface area contributed by atoms with Crippen molar-refractivity contribution in [3.8, 4) is 0 Å². The van der Waals surface area contributed by atoms with Crippen molar-refractivity contribution >= 4 is 11.6 Å². The first-order chi connectivity index (χ1) is 8.72. The van der Waals surface area contributed by atoms with Gasteiger partial charge in [-0.15, -0.1) is 0 Å². The molecular weight excluding hydrogens is 216 g/mol. The maximum atomic E-state index is 3.96. The molecule has 18 heavy (non-hydrogen) atoms. The van der Waals surface area contributed by atoms with Crippen molar-refractivity contribution in [3.05, 3.63) is 60.2 Å². The molecule has 1 aromatic rings.